The maximum Gasteiger partial charge on any atom is 0.387 e. The Morgan fingerprint density at radius 2 is 2.00 bits per heavy atom. The van der Waals surface area contributed by atoms with Gasteiger partial charge in [0.15, 0.2) is 5.96 Å². The van der Waals surface area contributed by atoms with Crippen LogP contribution in [0, 0.1) is 0 Å². The molecule has 1 aromatic rings. The lowest BCUT2D eigenvalue weighted by Crippen LogP contribution is -2.52. The van der Waals surface area contributed by atoms with Crippen molar-refractivity contribution >= 4 is 17.6 Å². The van der Waals surface area contributed by atoms with Crippen LogP contribution in [0.15, 0.2) is 29.3 Å². The number of guanidine groups is 1. The van der Waals surface area contributed by atoms with Gasteiger partial charge in [-0.3, -0.25) is 9.79 Å². The monoisotopic (exact) mass is 412 g/mol. The van der Waals surface area contributed by atoms with E-state index in [1.54, 1.807) is 31.3 Å². The van der Waals surface area contributed by atoms with Gasteiger partial charge in [-0.25, -0.2) is 0 Å². The second-order valence-corrected chi connectivity index (χ2v) is 7.81. The molecule has 0 radical (unpaired) electrons. The fraction of sp³-hybridized carbons (Fsp3) is 0.600. The number of halogens is 2. The number of carbonyl (C=O) groups excluding carboxylic acids is 1. The molecule has 1 saturated heterocycles. The summed E-state index contributed by atoms with van der Waals surface area (Å²) in [7, 11) is 1.65. The van der Waals surface area contributed by atoms with Gasteiger partial charge in [0.2, 0.25) is 0 Å². The molecule has 1 aromatic carbocycles. The molecule has 2 rings (SSSR count). The predicted molar refractivity (Wildman–Crippen MR) is 109 cm³/mol. The molecule has 9 heteroatoms. The van der Waals surface area contributed by atoms with Crippen LogP contribution in [-0.2, 0) is 9.53 Å². The van der Waals surface area contributed by atoms with Gasteiger partial charge < -0.3 is 25.0 Å². The van der Waals surface area contributed by atoms with E-state index in [-0.39, 0.29) is 24.3 Å². The Bertz CT molecular complexity index is 690. The predicted octanol–water partition coefficient (Wildman–Crippen LogP) is 2.76. The minimum Gasteiger partial charge on any atom is -0.459 e. The van der Waals surface area contributed by atoms with E-state index < -0.39 is 12.2 Å². The van der Waals surface area contributed by atoms with Crippen molar-refractivity contribution < 1.29 is 23.0 Å². The molecule has 1 aliphatic heterocycles. The molecule has 0 saturated carbocycles. The summed E-state index contributed by atoms with van der Waals surface area (Å²) in [6.45, 7) is 4.25. The number of carbonyl (C=O) groups is 1. The van der Waals surface area contributed by atoms with Crippen LogP contribution in [-0.4, -0.2) is 56.9 Å². The van der Waals surface area contributed by atoms with Crippen LogP contribution < -0.4 is 20.3 Å². The van der Waals surface area contributed by atoms with E-state index in [2.05, 4.69) is 25.3 Å². The van der Waals surface area contributed by atoms with Crippen molar-refractivity contribution in [1.82, 2.24) is 10.6 Å². The second kappa shape index (κ2) is 10.3. The molecule has 1 atom stereocenters. The van der Waals surface area contributed by atoms with Gasteiger partial charge in [-0.1, -0.05) is 0 Å². The number of rotatable bonds is 6. The Morgan fingerprint density at radius 1 is 1.31 bits per heavy atom. The fourth-order valence-corrected chi connectivity index (χ4v) is 3.09. The van der Waals surface area contributed by atoms with Gasteiger partial charge in [-0.15, -0.1) is 0 Å². The quantitative estimate of drug-likeness (QED) is 0.425. The standard InChI is InChI=1S/C20H30F2N4O3/c1-20(2,3)29-17(27)12-24-19(23-4)25-14-6-5-11-26(13-14)15-7-9-16(10-8-15)28-18(21)22/h7-10,14,18H,5-6,11-13H2,1-4H3,(H2,23,24,25). The summed E-state index contributed by atoms with van der Waals surface area (Å²) in [4.78, 5) is 18.2. The average molecular weight is 412 g/mol. The third kappa shape index (κ3) is 8.13. The lowest BCUT2D eigenvalue weighted by atomic mass is 10.0. The highest BCUT2D eigenvalue weighted by atomic mass is 19.3. The van der Waals surface area contributed by atoms with Crippen LogP contribution in [0.4, 0.5) is 14.5 Å². The van der Waals surface area contributed by atoms with Gasteiger partial charge in [0, 0.05) is 31.9 Å². The van der Waals surface area contributed by atoms with Gasteiger partial charge in [0.05, 0.1) is 0 Å². The molecule has 1 heterocycles. The Kier molecular flexibility index (Phi) is 8.04. The van der Waals surface area contributed by atoms with Crippen molar-refractivity contribution in [2.24, 2.45) is 4.99 Å². The van der Waals surface area contributed by atoms with Gasteiger partial charge in [0.25, 0.3) is 0 Å². The molecule has 2 N–H and O–H groups in total. The van der Waals surface area contributed by atoms with Crippen molar-refractivity contribution in [3.63, 3.8) is 0 Å². The maximum absolute atomic E-state index is 12.3. The number of alkyl halides is 2. The second-order valence-electron chi connectivity index (χ2n) is 7.81. The maximum atomic E-state index is 12.3. The lowest BCUT2D eigenvalue weighted by molar-refractivity contribution is -0.153. The van der Waals surface area contributed by atoms with E-state index in [0.29, 0.717) is 5.96 Å². The first-order valence-corrected chi connectivity index (χ1v) is 9.65. The van der Waals surface area contributed by atoms with Crippen molar-refractivity contribution in [3.05, 3.63) is 24.3 Å². The summed E-state index contributed by atoms with van der Waals surface area (Å²) in [6.07, 6.45) is 1.92. The Morgan fingerprint density at radius 3 is 2.59 bits per heavy atom. The third-order valence-electron chi connectivity index (χ3n) is 4.23. The van der Waals surface area contributed by atoms with Gasteiger partial charge in [-0.2, -0.15) is 8.78 Å². The lowest BCUT2D eigenvalue weighted by Gasteiger charge is -2.35. The number of anilines is 1. The van der Waals surface area contributed by atoms with Crippen LogP contribution in [0.3, 0.4) is 0 Å². The highest BCUT2D eigenvalue weighted by molar-refractivity contribution is 5.84. The fourth-order valence-electron chi connectivity index (χ4n) is 3.09. The summed E-state index contributed by atoms with van der Waals surface area (Å²) in [6, 6.07) is 6.76. The number of nitrogens with zero attached hydrogens (tertiary/aromatic N) is 2. The first kappa shape index (κ1) is 22.7. The molecule has 162 valence electrons. The van der Waals surface area contributed by atoms with E-state index in [9.17, 15) is 13.6 Å². The van der Waals surface area contributed by atoms with Crippen LogP contribution in [0.5, 0.6) is 5.75 Å². The first-order valence-electron chi connectivity index (χ1n) is 9.65. The largest absolute Gasteiger partial charge is 0.459 e. The molecule has 0 aliphatic carbocycles. The van der Waals surface area contributed by atoms with Crippen molar-refractivity contribution in [2.45, 2.75) is 51.9 Å². The van der Waals surface area contributed by atoms with Crippen molar-refractivity contribution in [3.8, 4) is 5.75 Å². The zero-order valence-corrected chi connectivity index (χ0v) is 17.4. The first-order chi connectivity index (χ1) is 13.7. The number of hydrogen-bond donors (Lipinski definition) is 2. The number of hydrogen-bond acceptors (Lipinski definition) is 5. The number of piperidine rings is 1. The molecule has 0 amide bonds. The highest BCUT2D eigenvalue weighted by Crippen LogP contribution is 2.23. The number of esters is 1. The van der Waals surface area contributed by atoms with Crippen LogP contribution in [0.25, 0.3) is 0 Å². The third-order valence-corrected chi connectivity index (χ3v) is 4.23. The zero-order chi connectivity index (χ0) is 21.4. The Hall–Kier alpha value is -2.58. The summed E-state index contributed by atoms with van der Waals surface area (Å²) >= 11 is 0. The van der Waals surface area contributed by atoms with Crippen LogP contribution >= 0.6 is 0 Å². The van der Waals surface area contributed by atoms with Crippen molar-refractivity contribution in [1.29, 1.82) is 0 Å². The average Bonchev–Trinajstić information content (AvgIpc) is 2.64. The smallest absolute Gasteiger partial charge is 0.387 e. The minimum absolute atomic E-state index is 0.0268. The SMILES string of the molecule is CN=C(NCC(=O)OC(C)(C)C)NC1CCCN(c2ccc(OC(F)F)cc2)C1. The van der Waals surface area contributed by atoms with Gasteiger partial charge in [-0.05, 0) is 57.9 Å². The molecule has 1 fully saturated rings. The normalized spacial score (nSPS) is 17.8. The Balaban J connectivity index is 1.87. The number of ether oxygens (including phenoxy) is 2. The van der Waals surface area contributed by atoms with E-state index >= 15 is 0 Å². The number of benzene rings is 1. The highest BCUT2D eigenvalue weighted by Gasteiger charge is 2.22. The summed E-state index contributed by atoms with van der Waals surface area (Å²) in [5.41, 5.74) is 0.407. The Labute approximate surface area is 170 Å². The molecular weight excluding hydrogens is 382 g/mol. The van der Waals surface area contributed by atoms with Crippen molar-refractivity contribution in [2.75, 3.05) is 31.6 Å². The van der Waals surface area contributed by atoms with Crippen LogP contribution in [0.2, 0.25) is 0 Å². The number of nitrogens with one attached hydrogen (secondary N) is 2. The van der Waals surface area contributed by atoms with E-state index in [4.69, 9.17) is 4.74 Å². The molecule has 1 unspecified atom stereocenters. The summed E-state index contributed by atoms with van der Waals surface area (Å²) in [5, 5.41) is 6.30. The summed E-state index contributed by atoms with van der Waals surface area (Å²) < 4.78 is 34.3. The zero-order valence-electron chi connectivity index (χ0n) is 17.4. The van der Waals surface area contributed by atoms with Gasteiger partial charge in [0.1, 0.15) is 17.9 Å². The molecule has 7 nitrogen and oxygen atoms in total. The van der Waals surface area contributed by atoms with Crippen LogP contribution in [0.1, 0.15) is 33.6 Å². The number of aliphatic imine (C=N–C) groups is 1. The molecule has 0 bridgehead atoms. The molecule has 0 aromatic heterocycles. The topological polar surface area (TPSA) is 75.2 Å². The van der Waals surface area contributed by atoms with E-state index in [1.807, 2.05) is 20.8 Å². The van der Waals surface area contributed by atoms with Gasteiger partial charge >= 0.3 is 12.6 Å². The summed E-state index contributed by atoms with van der Waals surface area (Å²) in [5.74, 6) is 0.322. The molecule has 1 aliphatic rings. The minimum atomic E-state index is -2.83. The van der Waals surface area contributed by atoms with E-state index in [0.717, 1.165) is 31.6 Å². The molecular formula is C20H30F2N4O3. The molecule has 29 heavy (non-hydrogen) atoms. The van der Waals surface area contributed by atoms with E-state index in [1.165, 1.54) is 0 Å². The molecule has 0 spiro atoms.